The molecule has 0 aromatic heterocycles. The van der Waals surface area contributed by atoms with Crippen LogP contribution in [0, 0.1) is 13.8 Å². The number of aryl methyl sites for hydroxylation is 2. The molecule has 1 rings (SSSR count). The molecule has 0 amide bonds. The standard InChI is InChI=1S/C16H24O2/c1-7-18-15-9-11(2)14(8-12(15)3)16(5,6)10-13(4)17/h8-9H,7,10H2,1-6H3. The van der Waals surface area contributed by atoms with Crippen LogP contribution in [-0.2, 0) is 10.2 Å². The van der Waals surface area contributed by atoms with Crippen LogP contribution >= 0.6 is 0 Å². The van der Waals surface area contributed by atoms with Crippen LogP contribution in [0.3, 0.4) is 0 Å². The summed E-state index contributed by atoms with van der Waals surface area (Å²) >= 11 is 0. The molecule has 0 N–H and O–H groups in total. The Bertz CT molecular complexity index is 445. The molecule has 0 saturated heterocycles. The van der Waals surface area contributed by atoms with E-state index >= 15 is 0 Å². The molecule has 0 heterocycles. The summed E-state index contributed by atoms with van der Waals surface area (Å²) in [5.41, 5.74) is 3.44. The van der Waals surface area contributed by atoms with Crippen LogP contribution < -0.4 is 4.74 Å². The van der Waals surface area contributed by atoms with Crippen molar-refractivity contribution < 1.29 is 9.53 Å². The Kier molecular flexibility index (Phi) is 4.55. The van der Waals surface area contributed by atoms with Crippen LogP contribution in [-0.4, -0.2) is 12.4 Å². The zero-order valence-electron chi connectivity index (χ0n) is 12.4. The first-order valence-electron chi connectivity index (χ1n) is 6.52. The molecule has 0 atom stereocenters. The lowest BCUT2D eigenvalue weighted by Crippen LogP contribution is -2.22. The molecule has 0 bridgehead atoms. The fourth-order valence-electron chi connectivity index (χ4n) is 2.55. The van der Waals surface area contributed by atoms with Crippen molar-refractivity contribution in [3.63, 3.8) is 0 Å². The zero-order chi connectivity index (χ0) is 13.9. The van der Waals surface area contributed by atoms with Gasteiger partial charge in [-0.05, 0) is 55.9 Å². The Labute approximate surface area is 110 Å². The molecule has 0 aliphatic carbocycles. The van der Waals surface area contributed by atoms with Crippen molar-refractivity contribution in [3.8, 4) is 5.75 Å². The van der Waals surface area contributed by atoms with Gasteiger partial charge in [-0.2, -0.15) is 0 Å². The van der Waals surface area contributed by atoms with Gasteiger partial charge in [-0.1, -0.05) is 19.9 Å². The van der Waals surface area contributed by atoms with Crippen LogP contribution in [0.2, 0.25) is 0 Å². The van der Waals surface area contributed by atoms with Crippen LogP contribution in [0.5, 0.6) is 5.75 Å². The van der Waals surface area contributed by atoms with Crippen molar-refractivity contribution in [2.45, 2.75) is 53.4 Å². The molecule has 0 unspecified atom stereocenters. The van der Waals surface area contributed by atoms with Gasteiger partial charge in [0, 0.05) is 6.42 Å². The second kappa shape index (κ2) is 5.55. The number of ether oxygens (including phenoxy) is 1. The van der Waals surface area contributed by atoms with Crippen LogP contribution in [0.25, 0.3) is 0 Å². The van der Waals surface area contributed by atoms with E-state index in [-0.39, 0.29) is 11.2 Å². The molecule has 0 aliphatic heterocycles. The normalized spacial score (nSPS) is 11.4. The fraction of sp³-hybridized carbons (Fsp3) is 0.562. The molecule has 100 valence electrons. The van der Waals surface area contributed by atoms with Crippen LogP contribution in [0.1, 0.15) is 50.8 Å². The van der Waals surface area contributed by atoms with Crippen LogP contribution in [0.4, 0.5) is 0 Å². The van der Waals surface area contributed by atoms with E-state index in [0.29, 0.717) is 13.0 Å². The lowest BCUT2D eigenvalue weighted by Gasteiger charge is -2.27. The molecule has 2 nitrogen and oxygen atoms in total. The molecular formula is C16H24O2. The first kappa shape index (κ1) is 14.7. The molecular weight excluding hydrogens is 224 g/mol. The summed E-state index contributed by atoms with van der Waals surface area (Å²) in [6, 6.07) is 4.24. The van der Waals surface area contributed by atoms with Gasteiger partial charge in [0.1, 0.15) is 11.5 Å². The Morgan fingerprint density at radius 1 is 1.22 bits per heavy atom. The number of hydrogen-bond donors (Lipinski definition) is 0. The second-order valence-electron chi connectivity index (χ2n) is 5.63. The lowest BCUT2D eigenvalue weighted by atomic mass is 9.77. The van der Waals surface area contributed by atoms with Gasteiger partial charge in [-0.3, -0.25) is 4.79 Å². The van der Waals surface area contributed by atoms with Crippen molar-refractivity contribution in [3.05, 3.63) is 28.8 Å². The van der Waals surface area contributed by atoms with Gasteiger partial charge in [-0.15, -0.1) is 0 Å². The Morgan fingerprint density at radius 3 is 2.33 bits per heavy atom. The average molecular weight is 248 g/mol. The third-order valence-electron chi connectivity index (χ3n) is 3.24. The molecule has 0 fully saturated rings. The predicted molar refractivity (Wildman–Crippen MR) is 75.4 cm³/mol. The van der Waals surface area contributed by atoms with E-state index in [2.05, 4.69) is 39.8 Å². The summed E-state index contributed by atoms with van der Waals surface area (Å²) in [6.07, 6.45) is 0.571. The molecule has 1 aromatic carbocycles. The van der Waals surface area contributed by atoms with Crippen molar-refractivity contribution in [2.24, 2.45) is 0 Å². The monoisotopic (exact) mass is 248 g/mol. The minimum absolute atomic E-state index is 0.120. The van der Waals surface area contributed by atoms with Crippen molar-refractivity contribution in [1.29, 1.82) is 0 Å². The third kappa shape index (κ3) is 3.34. The number of rotatable bonds is 5. The van der Waals surface area contributed by atoms with Gasteiger partial charge in [0.05, 0.1) is 6.61 Å². The van der Waals surface area contributed by atoms with Crippen molar-refractivity contribution in [2.75, 3.05) is 6.61 Å². The highest BCUT2D eigenvalue weighted by Gasteiger charge is 2.25. The summed E-state index contributed by atoms with van der Waals surface area (Å²) in [6.45, 7) is 12.7. The van der Waals surface area contributed by atoms with E-state index in [9.17, 15) is 4.79 Å². The topological polar surface area (TPSA) is 26.3 Å². The van der Waals surface area contributed by atoms with E-state index in [4.69, 9.17) is 4.74 Å². The van der Waals surface area contributed by atoms with Gasteiger partial charge in [0.25, 0.3) is 0 Å². The second-order valence-corrected chi connectivity index (χ2v) is 5.63. The van der Waals surface area contributed by atoms with E-state index in [1.807, 2.05) is 6.92 Å². The maximum Gasteiger partial charge on any atom is 0.130 e. The Hall–Kier alpha value is -1.31. The summed E-state index contributed by atoms with van der Waals surface area (Å²) < 4.78 is 5.60. The maximum absolute atomic E-state index is 11.4. The van der Waals surface area contributed by atoms with E-state index in [1.165, 1.54) is 11.1 Å². The third-order valence-corrected chi connectivity index (χ3v) is 3.24. The largest absolute Gasteiger partial charge is 0.494 e. The number of Topliss-reactive ketones (excluding diaryl/α,β-unsaturated/α-hetero) is 1. The SMILES string of the molecule is CCOc1cc(C)c(C(C)(C)CC(C)=O)cc1C. The van der Waals surface area contributed by atoms with Gasteiger partial charge >= 0.3 is 0 Å². The van der Waals surface area contributed by atoms with Gasteiger partial charge < -0.3 is 4.74 Å². The van der Waals surface area contributed by atoms with Crippen molar-refractivity contribution >= 4 is 5.78 Å². The minimum atomic E-state index is -0.120. The number of benzene rings is 1. The first-order valence-corrected chi connectivity index (χ1v) is 6.52. The van der Waals surface area contributed by atoms with Crippen molar-refractivity contribution in [1.82, 2.24) is 0 Å². The first-order chi connectivity index (χ1) is 8.27. The summed E-state index contributed by atoms with van der Waals surface area (Å²) in [5, 5.41) is 0. The van der Waals surface area contributed by atoms with E-state index < -0.39 is 0 Å². The van der Waals surface area contributed by atoms with E-state index in [1.54, 1.807) is 6.92 Å². The number of hydrogen-bond acceptors (Lipinski definition) is 2. The molecule has 2 heteroatoms. The van der Waals surface area contributed by atoms with Crippen LogP contribution in [0.15, 0.2) is 12.1 Å². The highest BCUT2D eigenvalue weighted by molar-refractivity contribution is 5.77. The molecule has 1 aromatic rings. The quantitative estimate of drug-likeness (QED) is 0.788. The van der Waals surface area contributed by atoms with Gasteiger partial charge in [0.15, 0.2) is 0 Å². The minimum Gasteiger partial charge on any atom is -0.494 e. The van der Waals surface area contributed by atoms with Gasteiger partial charge in [-0.25, -0.2) is 0 Å². The van der Waals surface area contributed by atoms with E-state index in [0.717, 1.165) is 11.3 Å². The summed E-state index contributed by atoms with van der Waals surface area (Å²) in [5.74, 6) is 1.17. The predicted octanol–water partition coefficient (Wildman–Crippen LogP) is 3.96. The van der Waals surface area contributed by atoms with Gasteiger partial charge in [0.2, 0.25) is 0 Å². The fourth-order valence-corrected chi connectivity index (χ4v) is 2.55. The maximum atomic E-state index is 11.4. The molecule has 0 aliphatic rings. The zero-order valence-corrected chi connectivity index (χ0v) is 12.4. The number of carbonyl (C=O) groups is 1. The smallest absolute Gasteiger partial charge is 0.130 e. The average Bonchev–Trinajstić information content (AvgIpc) is 2.21. The highest BCUT2D eigenvalue weighted by Crippen LogP contribution is 2.33. The molecule has 18 heavy (non-hydrogen) atoms. The Balaban J connectivity index is 3.18. The molecule has 0 saturated carbocycles. The lowest BCUT2D eigenvalue weighted by molar-refractivity contribution is -0.118. The summed E-state index contributed by atoms with van der Waals surface area (Å²) in [7, 11) is 0. The highest BCUT2D eigenvalue weighted by atomic mass is 16.5. The summed E-state index contributed by atoms with van der Waals surface area (Å²) in [4.78, 5) is 11.4. The Morgan fingerprint density at radius 2 is 1.83 bits per heavy atom. The number of ketones is 1. The number of carbonyl (C=O) groups excluding carboxylic acids is 1. The molecule has 0 radical (unpaired) electrons. The molecule has 0 spiro atoms.